The van der Waals surface area contributed by atoms with E-state index in [2.05, 4.69) is 44.5 Å². The van der Waals surface area contributed by atoms with Crippen LogP contribution in [-0.2, 0) is 13.0 Å². The van der Waals surface area contributed by atoms with Crippen molar-refractivity contribution in [2.24, 2.45) is 5.41 Å². The molecule has 0 saturated carbocycles. The lowest BCUT2D eigenvalue weighted by Crippen LogP contribution is -2.44. The number of fused-ring (bicyclic) bond motifs is 1. The normalized spacial score (nSPS) is 19.6. The summed E-state index contributed by atoms with van der Waals surface area (Å²) in [7, 11) is 0. The van der Waals surface area contributed by atoms with E-state index in [9.17, 15) is 0 Å². The van der Waals surface area contributed by atoms with Gasteiger partial charge in [0.05, 0.1) is 10.7 Å². The van der Waals surface area contributed by atoms with Gasteiger partial charge in [-0.05, 0) is 19.3 Å². The highest BCUT2D eigenvalue weighted by atomic mass is 32.1. The Labute approximate surface area is 103 Å². The van der Waals surface area contributed by atoms with Crippen molar-refractivity contribution in [3.8, 4) is 0 Å². The van der Waals surface area contributed by atoms with Gasteiger partial charge in [-0.2, -0.15) is 0 Å². The second-order valence-electron chi connectivity index (χ2n) is 5.87. The third kappa shape index (κ3) is 2.30. The van der Waals surface area contributed by atoms with Crippen LogP contribution in [0.2, 0.25) is 0 Å². The quantitative estimate of drug-likeness (QED) is 0.746. The van der Waals surface area contributed by atoms with Crippen molar-refractivity contribution in [3.05, 3.63) is 15.6 Å². The predicted molar refractivity (Wildman–Crippen MR) is 69.9 cm³/mol. The lowest BCUT2D eigenvalue weighted by molar-refractivity contribution is 0.101. The highest BCUT2D eigenvalue weighted by Gasteiger charge is 2.29. The van der Waals surface area contributed by atoms with Crippen LogP contribution in [0.5, 0.6) is 0 Å². The molecule has 0 N–H and O–H groups in total. The van der Waals surface area contributed by atoms with Gasteiger partial charge in [-0.1, -0.05) is 20.8 Å². The van der Waals surface area contributed by atoms with Crippen LogP contribution in [-0.4, -0.2) is 22.5 Å². The van der Waals surface area contributed by atoms with Crippen LogP contribution < -0.4 is 0 Å². The summed E-state index contributed by atoms with van der Waals surface area (Å²) in [6.45, 7) is 13.7. The van der Waals surface area contributed by atoms with Crippen LogP contribution in [0, 0.1) is 12.3 Å². The number of thiazole rings is 1. The fourth-order valence-corrected chi connectivity index (χ4v) is 3.23. The zero-order valence-electron chi connectivity index (χ0n) is 11.0. The van der Waals surface area contributed by atoms with Gasteiger partial charge in [0.1, 0.15) is 0 Å². The maximum atomic E-state index is 4.60. The molecule has 90 valence electrons. The Morgan fingerprint density at radius 1 is 1.38 bits per heavy atom. The van der Waals surface area contributed by atoms with E-state index >= 15 is 0 Å². The van der Waals surface area contributed by atoms with Crippen LogP contribution in [0.15, 0.2) is 0 Å². The number of aromatic nitrogens is 1. The molecule has 0 spiro atoms. The lowest BCUT2D eigenvalue weighted by atomic mass is 9.86. The zero-order chi connectivity index (χ0) is 11.9. The van der Waals surface area contributed by atoms with Gasteiger partial charge in [0, 0.05) is 30.4 Å². The van der Waals surface area contributed by atoms with E-state index < -0.39 is 0 Å². The van der Waals surface area contributed by atoms with Gasteiger partial charge in [0.25, 0.3) is 0 Å². The summed E-state index contributed by atoms with van der Waals surface area (Å²) in [5.41, 5.74) is 1.71. The van der Waals surface area contributed by atoms with Crippen molar-refractivity contribution in [1.29, 1.82) is 0 Å². The van der Waals surface area contributed by atoms with Crippen molar-refractivity contribution in [3.63, 3.8) is 0 Å². The number of hydrogen-bond acceptors (Lipinski definition) is 3. The molecular formula is C13H22N2S. The van der Waals surface area contributed by atoms with Gasteiger partial charge >= 0.3 is 0 Å². The first-order chi connectivity index (χ1) is 7.38. The van der Waals surface area contributed by atoms with E-state index in [0.29, 0.717) is 11.5 Å². The molecule has 3 heteroatoms. The molecule has 0 aromatic carbocycles. The molecular weight excluding hydrogens is 216 g/mol. The first-order valence-electron chi connectivity index (χ1n) is 6.07. The monoisotopic (exact) mass is 238 g/mol. The first kappa shape index (κ1) is 12.1. The van der Waals surface area contributed by atoms with Crippen LogP contribution >= 0.6 is 11.3 Å². The average molecular weight is 238 g/mol. The molecule has 16 heavy (non-hydrogen) atoms. The van der Waals surface area contributed by atoms with Crippen LogP contribution in [0.4, 0.5) is 0 Å². The van der Waals surface area contributed by atoms with Crippen LogP contribution in [0.1, 0.15) is 43.3 Å². The van der Waals surface area contributed by atoms with Gasteiger partial charge in [-0.25, -0.2) is 4.98 Å². The van der Waals surface area contributed by atoms with Crippen molar-refractivity contribution in [2.75, 3.05) is 6.54 Å². The van der Waals surface area contributed by atoms with E-state index in [-0.39, 0.29) is 0 Å². The SMILES string of the molecule is Cc1nc2c(s1)CN(C(C)C(C)(C)C)CC2. The highest BCUT2D eigenvalue weighted by Crippen LogP contribution is 2.30. The summed E-state index contributed by atoms with van der Waals surface area (Å²) in [6.07, 6.45) is 1.13. The molecule has 2 rings (SSSR count). The van der Waals surface area contributed by atoms with Gasteiger partial charge in [-0.3, -0.25) is 4.90 Å². The molecule has 0 aliphatic carbocycles. The number of hydrogen-bond donors (Lipinski definition) is 0. The molecule has 0 saturated heterocycles. The molecule has 2 heterocycles. The summed E-state index contributed by atoms with van der Waals surface area (Å²) < 4.78 is 0. The van der Waals surface area contributed by atoms with Gasteiger partial charge < -0.3 is 0 Å². The Morgan fingerprint density at radius 3 is 2.69 bits per heavy atom. The standard InChI is InChI=1S/C13H22N2S/c1-9(13(3,4)5)15-7-6-11-12(8-15)16-10(2)14-11/h9H,6-8H2,1-5H3. The third-order valence-electron chi connectivity index (χ3n) is 3.67. The van der Waals surface area contributed by atoms with Gasteiger partial charge in [0.15, 0.2) is 0 Å². The molecule has 1 aromatic rings. The molecule has 1 atom stereocenters. The number of nitrogens with zero attached hydrogens (tertiary/aromatic N) is 2. The van der Waals surface area contributed by atoms with Crippen molar-refractivity contribution < 1.29 is 0 Å². The van der Waals surface area contributed by atoms with Crippen molar-refractivity contribution in [2.45, 2.75) is 53.6 Å². The smallest absolute Gasteiger partial charge is 0.0900 e. The molecule has 0 amide bonds. The number of aryl methyl sites for hydroxylation is 1. The first-order valence-corrected chi connectivity index (χ1v) is 6.89. The highest BCUT2D eigenvalue weighted by molar-refractivity contribution is 7.11. The Hall–Kier alpha value is -0.410. The van der Waals surface area contributed by atoms with E-state index in [0.717, 1.165) is 19.5 Å². The fraction of sp³-hybridized carbons (Fsp3) is 0.769. The Kier molecular flexibility index (Phi) is 3.10. The van der Waals surface area contributed by atoms with Crippen LogP contribution in [0.25, 0.3) is 0 Å². The minimum Gasteiger partial charge on any atom is -0.295 e. The minimum absolute atomic E-state index is 0.358. The van der Waals surface area contributed by atoms with E-state index in [1.54, 1.807) is 0 Å². The Bertz CT molecular complexity index is 376. The predicted octanol–water partition coefficient (Wildman–Crippen LogP) is 3.24. The van der Waals surface area contributed by atoms with E-state index in [1.165, 1.54) is 15.6 Å². The molecule has 0 fully saturated rings. The summed E-state index contributed by atoms with van der Waals surface area (Å²) >= 11 is 1.87. The topological polar surface area (TPSA) is 16.1 Å². The van der Waals surface area contributed by atoms with Gasteiger partial charge in [-0.15, -0.1) is 11.3 Å². The minimum atomic E-state index is 0.358. The van der Waals surface area contributed by atoms with Crippen molar-refractivity contribution in [1.82, 2.24) is 9.88 Å². The second kappa shape index (κ2) is 4.11. The van der Waals surface area contributed by atoms with Gasteiger partial charge in [0.2, 0.25) is 0 Å². The fourth-order valence-electron chi connectivity index (χ4n) is 2.22. The molecule has 1 aliphatic rings. The maximum absolute atomic E-state index is 4.60. The summed E-state index contributed by atoms with van der Waals surface area (Å²) in [5.74, 6) is 0. The summed E-state index contributed by atoms with van der Waals surface area (Å²) in [6, 6.07) is 0.628. The Balaban J connectivity index is 2.13. The molecule has 1 aliphatic heterocycles. The summed E-state index contributed by atoms with van der Waals surface area (Å²) in [4.78, 5) is 8.68. The average Bonchev–Trinajstić information content (AvgIpc) is 2.54. The van der Waals surface area contributed by atoms with E-state index in [1.807, 2.05) is 11.3 Å². The molecule has 2 nitrogen and oxygen atoms in total. The molecule has 1 unspecified atom stereocenters. The van der Waals surface area contributed by atoms with E-state index in [4.69, 9.17) is 0 Å². The Morgan fingerprint density at radius 2 is 2.06 bits per heavy atom. The summed E-state index contributed by atoms with van der Waals surface area (Å²) in [5, 5.41) is 1.22. The zero-order valence-corrected chi connectivity index (χ0v) is 11.8. The maximum Gasteiger partial charge on any atom is 0.0900 e. The third-order valence-corrected chi connectivity index (χ3v) is 4.67. The largest absolute Gasteiger partial charge is 0.295 e. The molecule has 0 bridgehead atoms. The number of rotatable bonds is 1. The van der Waals surface area contributed by atoms with Crippen molar-refractivity contribution >= 4 is 11.3 Å². The lowest BCUT2D eigenvalue weighted by Gasteiger charge is -2.39. The molecule has 0 radical (unpaired) electrons. The van der Waals surface area contributed by atoms with Crippen LogP contribution in [0.3, 0.4) is 0 Å². The second-order valence-corrected chi connectivity index (χ2v) is 7.15. The molecule has 1 aromatic heterocycles.